The summed E-state index contributed by atoms with van der Waals surface area (Å²) in [5.74, 6) is 0.389. The summed E-state index contributed by atoms with van der Waals surface area (Å²) in [7, 11) is 1.79. The number of anilines is 1. The van der Waals surface area contributed by atoms with Crippen LogP contribution in [0.1, 0.15) is 33.7 Å². The Hall–Kier alpha value is -2.96. The summed E-state index contributed by atoms with van der Waals surface area (Å²) in [6.45, 7) is 5.51. The molecule has 0 radical (unpaired) electrons. The number of benzene rings is 1. The highest BCUT2D eigenvalue weighted by atomic mass is 16.2. The fourth-order valence-electron chi connectivity index (χ4n) is 3.21. The molecule has 1 atom stereocenters. The number of hydrogen-bond acceptors (Lipinski definition) is 5. The van der Waals surface area contributed by atoms with Crippen LogP contribution in [0.2, 0.25) is 0 Å². The van der Waals surface area contributed by atoms with Crippen molar-refractivity contribution in [2.45, 2.75) is 26.8 Å². The van der Waals surface area contributed by atoms with Gasteiger partial charge in [-0.2, -0.15) is 0 Å². The molecule has 0 aliphatic carbocycles. The van der Waals surface area contributed by atoms with Gasteiger partial charge in [-0.1, -0.05) is 12.1 Å². The van der Waals surface area contributed by atoms with Gasteiger partial charge in [0, 0.05) is 43.6 Å². The van der Waals surface area contributed by atoms with Crippen molar-refractivity contribution >= 4 is 17.8 Å². The third-order valence-corrected chi connectivity index (χ3v) is 4.67. The van der Waals surface area contributed by atoms with Gasteiger partial charge in [-0.05, 0) is 44.0 Å². The molecule has 1 fully saturated rings. The quantitative estimate of drug-likeness (QED) is 0.814. The van der Waals surface area contributed by atoms with Crippen molar-refractivity contribution in [2.75, 3.05) is 25.5 Å². The predicted molar refractivity (Wildman–Crippen MR) is 103 cm³/mol. The minimum Gasteiger partial charge on any atom is -0.351 e. The van der Waals surface area contributed by atoms with Crippen LogP contribution in [0.15, 0.2) is 30.3 Å². The Morgan fingerprint density at radius 2 is 1.96 bits per heavy atom. The van der Waals surface area contributed by atoms with Crippen molar-refractivity contribution in [3.63, 3.8) is 0 Å². The Kier molecular flexibility index (Phi) is 5.69. The summed E-state index contributed by atoms with van der Waals surface area (Å²) in [6, 6.07) is 9.33. The van der Waals surface area contributed by atoms with E-state index < -0.39 is 0 Å². The van der Waals surface area contributed by atoms with Crippen LogP contribution in [0, 0.1) is 19.8 Å². The van der Waals surface area contributed by atoms with Gasteiger partial charge in [-0.15, -0.1) is 0 Å². The Morgan fingerprint density at radius 1 is 1.22 bits per heavy atom. The molecule has 0 saturated carbocycles. The van der Waals surface area contributed by atoms with Gasteiger partial charge in [0.15, 0.2) is 0 Å². The molecule has 27 heavy (non-hydrogen) atoms. The van der Waals surface area contributed by atoms with Gasteiger partial charge in [0.05, 0.1) is 5.92 Å². The number of aromatic nitrogens is 2. The largest absolute Gasteiger partial charge is 0.351 e. The number of carbonyl (C=O) groups excluding carboxylic acids is 2. The van der Waals surface area contributed by atoms with Crippen LogP contribution in [0.4, 0.5) is 5.95 Å². The summed E-state index contributed by atoms with van der Waals surface area (Å²) < 4.78 is 0. The number of nitrogens with one attached hydrogen (secondary N) is 2. The molecule has 2 aromatic rings. The molecule has 1 saturated heterocycles. The van der Waals surface area contributed by atoms with Gasteiger partial charge in [-0.3, -0.25) is 9.59 Å². The molecule has 0 spiro atoms. The second kappa shape index (κ2) is 8.16. The highest BCUT2D eigenvalue weighted by Crippen LogP contribution is 2.15. The molecule has 1 aliphatic rings. The molecule has 3 rings (SSSR count). The van der Waals surface area contributed by atoms with Crippen LogP contribution < -0.4 is 10.6 Å². The molecular formula is C20H25N5O2. The van der Waals surface area contributed by atoms with Crippen molar-refractivity contribution in [2.24, 2.45) is 5.92 Å². The molecule has 7 nitrogen and oxygen atoms in total. The highest BCUT2D eigenvalue weighted by Gasteiger charge is 2.29. The summed E-state index contributed by atoms with van der Waals surface area (Å²) in [4.78, 5) is 34.8. The zero-order valence-electron chi connectivity index (χ0n) is 16.0. The lowest BCUT2D eigenvalue weighted by Gasteiger charge is -2.12. The van der Waals surface area contributed by atoms with Crippen LogP contribution >= 0.6 is 0 Å². The first-order valence-corrected chi connectivity index (χ1v) is 9.10. The van der Waals surface area contributed by atoms with Gasteiger partial charge < -0.3 is 15.5 Å². The van der Waals surface area contributed by atoms with E-state index in [4.69, 9.17) is 0 Å². The van der Waals surface area contributed by atoms with Crippen molar-refractivity contribution in [3.05, 3.63) is 52.8 Å². The number of nitrogens with zero attached hydrogens (tertiary/aromatic N) is 3. The van der Waals surface area contributed by atoms with E-state index in [1.807, 2.05) is 38.1 Å². The Morgan fingerprint density at radius 3 is 2.63 bits per heavy atom. The molecule has 0 bridgehead atoms. The summed E-state index contributed by atoms with van der Waals surface area (Å²) in [5, 5.41) is 6.07. The number of hydrogen-bond donors (Lipinski definition) is 2. The van der Waals surface area contributed by atoms with E-state index in [1.165, 1.54) is 0 Å². The molecular weight excluding hydrogens is 342 g/mol. The zero-order valence-corrected chi connectivity index (χ0v) is 16.0. The number of likely N-dealkylation sites (tertiary alicyclic amines) is 1. The molecule has 1 aliphatic heterocycles. The molecule has 1 unspecified atom stereocenters. The van der Waals surface area contributed by atoms with Gasteiger partial charge in [0.2, 0.25) is 11.9 Å². The maximum absolute atomic E-state index is 12.4. The van der Waals surface area contributed by atoms with Crippen molar-refractivity contribution < 1.29 is 9.59 Å². The van der Waals surface area contributed by atoms with E-state index in [2.05, 4.69) is 20.6 Å². The van der Waals surface area contributed by atoms with E-state index in [-0.39, 0.29) is 17.7 Å². The molecule has 1 aromatic carbocycles. The van der Waals surface area contributed by atoms with Gasteiger partial charge in [0.1, 0.15) is 0 Å². The van der Waals surface area contributed by atoms with Crippen molar-refractivity contribution in [1.29, 1.82) is 0 Å². The zero-order chi connectivity index (χ0) is 19.4. The topological polar surface area (TPSA) is 87.2 Å². The van der Waals surface area contributed by atoms with E-state index >= 15 is 0 Å². The van der Waals surface area contributed by atoms with Gasteiger partial charge in [-0.25, -0.2) is 9.97 Å². The molecule has 2 heterocycles. The fraction of sp³-hybridized carbons (Fsp3) is 0.400. The fourth-order valence-corrected chi connectivity index (χ4v) is 3.21. The lowest BCUT2D eigenvalue weighted by Crippen LogP contribution is -2.33. The van der Waals surface area contributed by atoms with E-state index in [9.17, 15) is 9.59 Å². The second-order valence-corrected chi connectivity index (χ2v) is 6.98. The van der Waals surface area contributed by atoms with Crippen LogP contribution in [-0.2, 0) is 11.3 Å². The molecule has 142 valence electrons. The minimum atomic E-state index is -0.165. The normalized spacial score (nSPS) is 16.5. The first-order chi connectivity index (χ1) is 12.9. The second-order valence-electron chi connectivity index (χ2n) is 6.98. The Balaban J connectivity index is 1.57. The standard InChI is InChI=1S/C20H25N5O2/c1-13-9-14(2)24-20(23-13)22-11-15-5-4-6-16(10-15)18(26)21-12-17-7-8-25(3)19(17)27/h4-6,9-10,17H,7-8,11-12H2,1-3H3,(H,21,26)(H,22,23,24). The molecule has 2 N–H and O–H groups in total. The van der Waals surface area contributed by atoms with Crippen LogP contribution in [0.5, 0.6) is 0 Å². The first kappa shape index (κ1) is 18.8. The summed E-state index contributed by atoms with van der Waals surface area (Å²) in [6.07, 6.45) is 0.787. The Bertz CT molecular complexity index is 832. The summed E-state index contributed by atoms with van der Waals surface area (Å²) in [5.41, 5.74) is 3.35. The summed E-state index contributed by atoms with van der Waals surface area (Å²) >= 11 is 0. The number of rotatable bonds is 6. The Labute approximate surface area is 159 Å². The van der Waals surface area contributed by atoms with Gasteiger partial charge in [0.25, 0.3) is 5.91 Å². The van der Waals surface area contributed by atoms with Crippen LogP contribution in [0.3, 0.4) is 0 Å². The van der Waals surface area contributed by atoms with Crippen molar-refractivity contribution in [1.82, 2.24) is 20.2 Å². The lowest BCUT2D eigenvalue weighted by atomic mass is 10.1. The maximum Gasteiger partial charge on any atom is 0.251 e. The molecule has 2 amide bonds. The smallest absolute Gasteiger partial charge is 0.251 e. The number of amides is 2. The molecule has 7 heteroatoms. The third kappa shape index (κ3) is 4.81. The highest BCUT2D eigenvalue weighted by molar-refractivity contribution is 5.94. The van der Waals surface area contributed by atoms with Crippen LogP contribution in [0.25, 0.3) is 0 Å². The monoisotopic (exact) mass is 367 g/mol. The number of aryl methyl sites for hydroxylation is 2. The lowest BCUT2D eigenvalue weighted by molar-refractivity contribution is -0.129. The van der Waals surface area contributed by atoms with E-state index in [1.54, 1.807) is 18.0 Å². The van der Waals surface area contributed by atoms with Crippen molar-refractivity contribution in [3.8, 4) is 0 Å². The van der Waals surface area contributed by atoms with Gasteiger partial charge >= 0.3 is 0 Å². The van der Waals surface area contributed by atoms with Crippen LogP contribution in [-0.4, -0.2) is 46.8 Å². The SMILES string of the molecule is Cc1cc(C)nc(NCc2cccc(C(=O)NCC3CCN(C)C3=O)c2)n1. The predicted octanol–water partition coefficient (Wildman–Crippen LogP) is 1.91. The van der Waals surface area contributed by atoms with E-state index in [0.29, 0.717) is 24.6 Å². The third-order valence-electron chi connectivity index (χ3n) is 4.67. The maximum atomic E-state index is 12.4. The average molecular weight is 367 g/mol. The molecule has 1 aromatic heterocycles. The minimum absolute atomic E-state index is 0.0988. The first-order valence-electron chi connectivity index (χ1n) is 9.10. The average Bonchev–Trinajstić information content (AvgIpc) is 2.96. The van der Waals surface area contributed by atoms with E-state index in [0.717, 1.165) is 29.9 Å². The number of carbonyl (C=O) groups is 2.